The molecule has 0 aromatic carbocycles. The van der Waals surface area contributed by atoms with E-state index in [4.69, 9.17) is 22.5 Å². The fourth-order valence-corrected chi connectivity index (χ4v) is 2.63. The fraction of sp³-hybridized carbons (Fsp3) is 1.00. The van der Waals surface area contributed by atoms with Crippen LogP contribution in [0.3, 0.4) is 0 Å². The van der Waals surface area contributed by atoms with E-state index in [1.165, 1.54) is 0 Å². The molecule has 0 unspecified atom stereocenters. The van der Waals surface area contributed by atoms with Crippen LogP contribution in [0.5, 0.6) is 0 Å². The largest absolute Gasteiger partial charge is 0.322 e. The van der Waals surface area contributed by atoms with Gasteiger partial charge < -0.3 is 0 Å². The van der Waals surface area contributed by atoms with Crippen LogP contribution in [0.2, 0.25) is 0 Å². The standard InChI is InChI=1S/C6H14Cl2NOP/c1-3-5-9(6-4-2)11(7,8)10/h3-6H2,1-2H3. The average Bonchev–Trinajstić information content (AvgIpc) is 1.85. The summed E-state index contributed by atoms with van der Waals surface area (Å²) in [6.07, 6.45) is 1.84. The van der Waals surface area contributed by atoms with Crippen molar-refractivity contribution < 1.29 is 4.57 Å². The molecule has 11 heavy (non-hydrogen) atoms. The molecule has 0 spiro atoms. The van der Waals surface area contributed by atoms with Crippen LogP contribution in [0.15, 0.2) is 0 Å². The van der Waals surface area contributed by atoms with Crippen LogP contribution < -0.4 is 0 Å². The zero-order valence-electron chi connectivity index (χ0n) is 6.89. The van der Waals surface area contributed by atoms with Crippen molar-refractivity contribution in [3.63, 3.8) is 0 Å². The summed E-state index contributed by atoms with van der Waals surface area (Å²) in [6.45, 7) is 5.43. The lowest BCUT2D eigenvalue weighted by Crippen LogP contribution is -2.18. The molecule has 0 fully saturated rings. The summed E-state index contributed by atoms with van der Waals surface area (Å²) in [5.41, 5.74) is 0. The van der Waals surface area contributed by atoms with Crippen LogP contribution in [-0.2, 0) is 4.57 Å². The molecule has 0 saturated carbocycles. The van der Waals surface area contributed by atoms with Crippen LogP contribution in [-0.4, -0.2) is 17.8 Å². The highest BCUT2D eigenvalue weighted by Gasteiger charge is 2.22. The van der Waals surface area contributed by atoms with Gasteiger partial charge in [-0.25, -0.2) is 4.67 Å². The van der Waals surface area contributed by atoms with Crippen molar-refractivity contribution in [1.82, 2.24) is 4.67 Å². The maximum atomic E-state index is 11.2. The Morgan fingerprint density at radius 3 is 1.73 bits per heavy atom. The molecule has 0 aromatic heterocycles. The average molecular weight is 218 g/mol. The minimum Gasteiger partial charge on any atom is -0.271 e. The van der Waals surface area contributed by atoms with Crippen LogP contribution >= 0.6 is 28.5 Å². The molecule has 0 heterocycles. The molecule has 0 aliphatic heterocycles. The summed E-state index contributed by atoms with van der Waals surface area (Å²) in [4.78, 5) is 0. The van der Waals surface area contributed by atoms with E-state index in [1.54, 1.807) is 4.67 Å². The van der Waals surface area contributed by atoms with Crippen LogP contribution in [0.25, 0.3) is 0 Å². The van der Waals surface area contributed by atoms with Crippen LogP contribution in [0, 0.1) is 0 Å². The lowest BCUT2D eigenvalue weighted by Gasteiger charge is -2.20. The first-order chi connectivity index (χ1) is 5.02. The van der Waals surface area contributed by atoms with Gasteiger partial charge in [-0.1, -0.05) is 13.8 Å². The van der Waals surface area contributed by atoms with Gasteiger partial charge in [0, 0.05) is 13.1 Å². The summed E-state index contributed by atoms with van der Waals surface area (Å²) in [5, 5.41) is 0. The van der Waals surface area contributed by atoms with E-state index < -0.39 is 6.00 Å². The lowest BCUT2D eigenvalue weighted by molar-refractivity contribution is 0.426. The minimum absolute atomic E-state index is 0.706. The molecule has 0 aromatic rings. The number of nitrogens with zero attached hydrogens (tertiary/aromatic N) is 1. The molecule has 0 radical (unpaired) electrons. The first-order valence-electron chi connectivity index (χ1n) is 3.77. The predicted molar refractivity (Wildman–Crippen MR) is 51.5 cm³/mol. The molecule has 0 aliphatic rings. The van der Waals surface area contributed by atoms with Gasteiger partial charge in [0.1, 0.15) is 0 Å². The number of halogens is 2. The summed E-state index contributed by atoms with van der Waals surface area (Å²) in [5.74, 6) is -3.03. The van der Waals surface area contributed by atoms with Crippen molar-refractivity contribution in [2.24, 2.45) is 0 Å². The second kappa shape index (κ2) is 5.42. The summed E-state index contributed by atoms with van der Waals surface area (Å²) in [6, 6.07) is 0. The maximum Gasteiger partial charge on any atom is 0.322 e. The molecule has 2 nitrogen and oxygen atoms in total. The second-order valence-corrected chi connectivity index (χ2v) is 7.09. The van der Waals surface area contributed by atoms with Crippen LogP contribution in [0.1, 0.15) is 26.7 Å². The third-order valence-electron chi connectivity index (χ3n) is 1.29. The Hall–Kier alpha value is 0.770. The zero-order valence-corrected chi connectivity index (χ0v) is 9.29. The first-order valence-corrected chi connectivity index (χ1v) is 7.24. The Balaban J connectivity index is 3.99. The van der Waals surface area contributed by atoms with Crippen molar-refractivity contribution in [1.29, 1.82) is 0 Å². The Labute approximate surface area is 77.9 Å². The van der Waals surface area contributed by atoms with Crippen molar-refractivity contribution in [3.8, 4) is 0 Å². The highest BCUT2D eigenvalue weighted by molar-refractivity contribution is 8.06. The molecule has 0 rings (SSSR count). The van der Waals surface area contributed by atoms with E-state index in [0.29, 0.717) is 13.1 Å². The number of hydrogen-bond donors (Lipinski definition) is 0. The summed E-state index contributed by atoms with van der Waals surface area (Å²) < 4.78 is 12.8. The Bertz CT molecular complexity index is 142. The third kappa shape index (κ3) is 5.08. The predicted octanol–water partition coefficient (Wildman–Crippen LogP) is 3.69. The first kappa shape index (κ1) is 11.8. The minimum atomic E-state index is -3.03. The van der Waals surface area contributed by atoms with Gasteiger partial charge in [0.05, 0.1) is 0 Å². The smallest absolute Gasteiger partial charge is 0.271 e. The molecule has 0 aliphatic carbocycles. The maximum absolute atomic E-state index is 11.2. The molecule has 0 saturated heterocycles. The van der Waals surface area contributed by atoms with E-state index in [1.807, 2.05) is 13.8 Å². The molecule has 0 bridgehead atoms. The van der Waals surface area contributed by atoms with Crippen molar-refractivity contribution in [2.75, 3.05) is 13.1 Å². The highest BCUT2D eigenvalue weighted by Crippen LogP contribution is 2.59. The van der Waals surface area contributed by atoms with E-state index in [2.05, 4.69) is 0 Å². The molecular weight excluding hydrogens is 204 g/mol. The Kier molecular flexibility index (Phi) is 5.80. The summed E-state index contributed by atoms with van der Waals surface area (Å²) in [7, 11) is 0. The number of hydrogen-bond acceptors (Lipinski definition) is 1. The molecule has 0 atom stereocenters. The van der Waals surface area contributed by atoms with Crippen molar-refractivity contribution in [2.45, 2.75) is 26.7 Å². The van der Waals surface area contributed by atoms with E-state index in [0.717, 1.165) is 12.8 Å². The molecule has 5 heteroatoms. The SMILES string of the molecule is CCCN(CCC)P(=O)(Cl)Cl. The van der Waals surface area contributed by atoms with Crippen LogP contribution in [0.4, 0.5) is 0 Å². The van der Waals surface area contributed by atoms with Gasteiger partial charge in [0.2, 0.25) is 0 Å². The normalized spacial score (nSPS) is 12.5. The van der Waals surface area contributed by atoms with Gasteiger partial charge in [-0.3, -0.25) is 4.57 Å². The van der Waals surface area contributed by atoms with Crippen molar-refractivity contribution >= 4 is 28.5 Å². The number of rotatable bonds is 5. The molecular formula is C6H14Cl2NOP. The Morgan fingerprint density at radius 2 is 1.55 bits per heavy atom. The monoisotopic (exact) mass is 217 g/mol. The van der Waals surface area contributed by atoms with Gasteiger partial charge in [0.15, 0.2) is 0 Å². The van der Waals surface area contributed by atoms with E-state index >= 15 is 0 Å². The summed E-state index contributed by atoms with van der Waals surface area (Å²) >= 11 is 11.0. The van der Waals surface area contributed by atoms with Gasteiger partial charge in [-0.05, 0) is 35.3 Å². The van der Waals surface area contributed by atoms with E-state index in [-0.39, 0.29) is 0 Å². The molecule has 68 valence electrons. The van der Waals surface area contributed by atoms with Gasteiger partial charge in [-0.2, -0.15) is 0 Å². The Morgan fingerprint density at radius 1 is 1.18 bits per heavy atom. The van der Waals surface area contributed by atoms with Crippen molar-refractivity contribution in [3.05, 3.63) is 0 Å². The van der Waals surface area contributed by atoms with Gasteiger partial charge >= 0.3 is 6.00 Å². The van der Waals surface area contributed by atoms with E-state index in [9.17, 15) is 4.57 Å². The second-order valence-electron chi connectivity index (χ2n) is 2.39. The zero-order chi connectivity index (χ0) is 8.91. The van der Waals surface area contributed by atoms with Gasteiger partial charge in [-0.15, -0.1) is 0 Å². The molecule has 0 amide bonds. The lowest BCUT2D eigenvalue weighted by atomic mass is 10.4. The highest BCUT2D eigenvalue weighted by atomic mass is 35.9. The topological polar surface area (TPSA) is 20.3 Å². The quantitative estimate of drug-likeness (QED) is 0.655. The fourth-order valence-electron chi connectivity index (χ4n) is 0.861. The molecule has 0 N–H and O–H groups in total. The third-order valence-corrected chi connectivity index (χ3v) is 3.63. The van der Waals surface area contributed by atoms with Gasteiger partial charge in [0.25, 0.3) is 0 Å².